The number of hydrogen-bond acceptors (Lipinski definition) is 2. The van der Waals surface area contributed by atoms with Crippen LogP contribution in [-0.4, -0.2) is 9.55 Å². The summed E-state index contributed by atoms with van der Waals surface area (Å²) in [4.78, 5) is 4.54. The fourth-order valence-electron chi connectivity index (χ4n) is 2.28. The maximum absolute atomic E-state index is 12.8. The molecule has 0 bridgehead atoms. The zero-order chi connectivity index (χ0) is 15.6. The Morgan fingerprint density at radius 2 is 2.10 bits per heavy atom. The van der Waals surface area contributed by atoms with E-state index in [9.17, 15) is 8.78 Å². The molecule has 3 nitrogen and oxygen atoms in total. The Hall–Kier alpha value is -2.17. The number of allylic oxidation sites excluding steroid dienone is 1. The molecular formula is C16H19F2N3. The molecule has 0 aliphatic carbocycles. The van der Waals surface area contributed by atoms with Crippen molar-refractivity contribution in [2.45, 2.75) is 32.7 Å². The number of nitrogens with zero attached hydrogens (tertiary/aromatic N) is 2. The van der Waals surface area contributed by atoms with Crippen molar-refractivity contribution >= 4 is 5.82 Å². The average Bonchev–Trinajstić information content (AvgIpc) is 2.77. The molecule has 0 saturated heterocycles. The van der Waals surface area contributed by atoms with E-state index in [-0.39, 0.29) is 11.5 Å². The maximum atomic E-state index is 12.8. The first-order chi connectivity index (χ1) is 9.95. The molecule has 1 aromatic carbocycles. The number of benzene rings is 1. The van der Waals surface area contributed by atoms with Gasteiger partial charge >= 0.3 is 0 Å². The molecule has 5 heteroatoms. The number of aromatic nitrogens is 2. The van der Waals surface area contributed by atoms with Gasteiger partial charge in [-0.25, -0.2) is 13.8 Å². The van der Waals surface area contributed by atoms with E-state index in [1.807, 2.05) is 18.4 Å². The molecule has 112 valence electrons. The van der Waals surface area contributed by atoms with Crippen molar-refractivity contribution in [3.05, 3.63) is 48.3 Å². The van der Waals surface area contributed by atoms with E-state index in [2.05, 4.69) is 11.6 Å². The number of rotatable bonds is 5. The van der Waals surface area contributed by atoms with Crippen LogP contribution in [0.1, 0.15) is 37.6 Å². The fourth-order valence-corrected chi connectivity index (χ4v) is 2.28. The summed E-state index contributed by atoms with van der Waals surface area (Å²) in [5.74, 6) is 1.48. The zero-order valence-electron chi connectivity index (χ0n) is 12.2. The molecule has 0 saturated carbocycles. The minimum Gasteiger partial charge on any atom is -0.383 e. The van der Waals surface area contributed by atoms with Crippen molar-refractivity contribution in [1.82, 2.24) is 9.55 Å². The summed E-state index contributed by atoms with van der Waals surface area (Å²) in [7, 11) is 0. The standard InChI is InChI=1S/C16H19F2N3/c1-4-8-21-15(19)13(20-16(21)10(2)3)11-6-5-7-12(9-11)14(17)18/h4-7,9-10,14H,1,8,19H2,2-3H3. The summed E-state index contributed by atoms with van der Waals surface area (Å²) in [6.07, 6.45) is -0.769. The quantitative estimate of drug-likeness (QED) is 0.831. The molecule has 2 rings (SSSR count). The highest BCUT2D eigenvalue weighted by atomic mass is 19.3. The van der Waals surface area contributed by atoms with E-state index in [0.717, 1.165) is 5.82 Å². The average molecular weight is 291 g/mol. The van der Waals surface area contributed by atoms with Gasteiger partial charge in [-0.2, -0.15) is 0 Å². The third-order valence-corrected chi connectivity index (χ3v) is 3.28. The zero-order valence-corrected chi connectivity index (χ0v) is 12.2. The van der Waals surface area contributed by atoms with Gasteiger partial charge < -0.3 is 10.3 Å². The molecule has 0 radical (unpaired) electrons. The fraction of sp³-hybridized carbons (Fsp3) is 0.312. The van der Waals surface area contributed by atoms with Crippen LogP contribution in [0.3, 0.4) is 0 Å². The van der Waals surface area contributed by atoms with Crippen LogP contribution in [-0.2, 0) is 6.54 Å². The Balaban J connectivity index is 2.56. The predicted octanol–water partition coefficient (Wildman–Crippen LogP) is 4.38. The lowest BCUT2D eigenvalue weighted by molar-refractivity contribution is 0.151. The van der Waals surface area contributed by atoms with Gasteiger partial charge in [0.2, 0.25) is 0 Å². The van der Waals surface area contributed by atoms with Gasteiger partial charge in [-0.15, -0.1) is 6.58 Å². The molecule has 0 unspecified atom stereocenters. The third kappa shape index (κ3) is 2.96. The second kappa shape index (κ2) is 6.08. The number of nitrogens with two attached hydrogens (primary N) is 1. The van der Waals surface area contributed by atoms with Crippen molar-refractivity contribution < 1.29 is 8.78 Å². The van der Waals surface area contributed by atoms with Crippen LogP contribution in [0.4, 0.5) is 14.6 Å². The van der Waals surface area contributed by atoms with Crippen LogP contribution in [0.2, 0.25) is 0 Å². The monoisotopic (exact) mass is 291 g/mol. The van der Waals surface area contributed by atoms with E-state index in [1.54, 1.807) is 18.2 Å². The van der Waals surface area contributed by atoms with Crippen LogP contribution in [0, 0.1) is 0 Å². The Morgan fingerprint density at radius 1 is 1.38 bits per heavy atom. The maximum Gasteiger partial charge on any atom is 0.263 e. The molecule has 0 aliphatic heterocycles. The van der Waals surface area contributed by atoms with Crippen molar-refractivity contribution in [3.8, 4) is 11.3 Å². The lowest BCUT2D eigenvalue weighted by Crippen LogP contribution is -2.07. The van der Waals surface area contributed by atoms with Crippen LogP contribution < -0.4 is 5.73 Å². The van der Waals surface area contributed by atoms with Gasteiger partial charge in [-0.3, -0.25) is 0 Å². The highest BCUT2D eigenvalue weighted by Gasteiger charge is 2.18. The first-order valence-corrected chi connectivity index (χ1v) is 6.81. The van der Waals surface area contributed by atoms with E-state index >= 15 is 0 Å². The highest BCUT2D eigenvalue weighted by molar-refractivity contribution is 5.71. The SMILES string of the molecule is C=CCn1c(C(C)C)nc(-c2cccc(C(F)F)c2)c1N. The Bertz CT molecular complexity index is 645. The normalized spacial score (nSPS) is 11.3. The molecule has 21 heavy (non-hydrogen) atoms. The van der Waals surface area contributed by atoms with Crippen molar-refractivity contribution in [1.29, 1.82) is 0 Å². The molecule has 0 aliphatic rings. The van der Waals surface area contributed by atoms with Crippen LogP contribution in [0.15, 0.2) is 36.9 Å². The minimum absolute atomic E-state index is 0.0312. The number of halogens is 2. The second-order valence-electron chi connectivity index (χ2n) is 5.18. The second-order valence-corrected chi connectivity index (χ2v) is 5.18. The molecule has 1 aromatic heterocycles. The first kappa shape index (κ1) is 15.2. The molecule has 2 aromatic rings. The molecule has 0 atom stereocenters. The summed E-state index contributed by atoms with van der Waals surface area (Å²) < 4.78 is 27.5. The number of nitrogen functional groups attached to an aromatic ring is 1. The van der Waals surface area contributed by atoms with Gasteiger partial charge in [0.05, 0.1) is 0 Å². The Kier molecular flexibility index (Phi) is 4.40. The first-order valence-electron chi connectivity index (χ1n) is 6.81. The van der Waals surface area contributed by atoms with E-state index < -0.39 is 6.43 Å². The summed E-state index contributed by atoms with van der Waals surface area (Å²) in [5.41, 5.74) is 7.27. The largest absolute Gasteiger partial charge is 0.383 e. The van der Waals surface area contributed by atoms with Gasteiger partial charge in [0.1, 0.15) is 17.3 Å². The number of hydrogen-bond donors (Lipinski definition) is 1. The summed E-state index contributed by atoms with van der Waals surface area (Å²) in [6.45, 7) is 8.29. The molecule has 0 spiro atoms. The minimum atomic E-state index is -2.51. The van der Waals surface area contributed by atoms with E-state index in [4.69, 9.17) is 5.73 Å². The lowest BCUT2D eigenvalue weighted by atomic mass is 10.1. The van der Waals surface area contributed by atoms with Gasteiger partial charge in [-0.05, 0) is 6.07 Å². The lowest BCUT2D eigenvalue weighted by Gasteiger charge is -2.09. The number of anilines is 1. The Morgan fingerprint density at radius 3 is 2.67 bits per heavy atom. The van der Waals surface area contributed by atoms with Gasteiger partial charge in [0, 0.05) is 23.6 Å². The molecule has 0 amide bonds. The van der Waals surface area contributed by atoms with E-state index in [1.165, 1.54) is 12.1 Å². The number of alkyl halides is 2. The van der Waals surface area contributed by atoms with Gasteiger partial charge in [0.15, 0.2) is 0 Å². The van der Waals surface area contributed by atoms with Crippen molar-refractivity contribution in [2.24, 2.45) is 0 Å². The Labute approximate surface area is 123 Å². The van der Waals surface area contributed by atoms with Crippen LogP contribution in [0.5, 0.6) is 0 Å². The van der Waals surface area contributed by atoms with E-state index in [0.29, 0.717) is 23.6 Å². The summed E-state index contributed by atoms with van der Waals surface area (Å²) >= 11 is 0. The molecular weight excluding hydrogens is 272 g/mol. The molecule has 2 N–H and O–H groups in total. The van der Waals surface area contributed by atoms with Crippen molar-refractivity contribution in [3.63, 3.8) is 0 Å². The topological polar surface area (TPSA) is 43.8 Å². The molecule has 1 heterocycles. The van der Waals surface area contributed by atoms with Gasteiger partial charge in [-0.1, -0.05) is 38.1 Å². The van der Waals surface area contributed by atoms with Crippen LogP contribution in [0.25, 0.3) is 11.3 Å². The number of imidazole rings is 1. The molecule has 0 fully saturated rings. The van der Waals surface area contributed by atoms with Crippen LogP contribution >= 0.6 is 0 Å². The summed E-state index contributed by atoms with van der Waals surface area (Å²) in [5, 5.41) is 0. The highest BCUT2D eigenvalue weighted by Crippen LogP contribution is 2.31. The van der Waals surface area contributed by atoms with Crippen molar-refractivity contribution in [2.75, 3.05) is 5.73 Å². The summed E-state index contributed by atoms with van der Waals surface area (Å²) in [6, 6.07) is 6.17. The predicted molar refractivity (Wildman–Crippen MR) is 81.3 cm³/mol. The van der Waals surface area contributed by atoms with Gasteiger partial charge in [0.25, 0.3) is 6.43 Å². The smallest absolute Gasteiger partial charge is 0.263 e. The third-order valence-electron chi connectivity index (χ3n) is 3.28.